The number of pyridine rings is 1. The number of phenols is 1. The topological polar surface area (TPSA) is 129 Å². The van der Waals surface area contributed by atoms with E-state index in [1.165, 1.54) is 36.5 Å². The van der Waals surface area contributed by atoms with Crippen molar-refractivity contribution >= 4 is 50.7 Å². The molecule has 9 heteroatoms. The highest BCUT2D eigenvalue weighted by atomic mass is 79.9. The summed E-state index contributed by atoms with van der Waals surface area (Å²) in [6.45, 7) is 0.212. The Hall–Kier alpha value is -4.50. The van der Waals surface area contributed by atoms with Crippen LogP contribution in [-0.4, -0.2) is 33.0 Å². The fraction of sp³-hybridized carbons (Fsp3) is 0.0370. The van der Waals surface area contributed by atoms with E-state index in [9.17, 15) is 24.6 Å². The number of phenolic OH excluding ortho intramolecular Hbond substituents is 1. The summed E-state index contributed by atoms with van der Waals surface area (Å²) in [6, 6.07) is 20.1. The Morgan fingerprint density at radius 2 is 1.75 bits per heavy atom. The Balaban J connectivity index is 1.48. The molecular weight excluding hydrogens is 526 g/mol. The fourth-order valence-corrected chi connectivity index (χ4v) is 4.02. The second-order valence-electron chi connectivity index (χ2n) is 7.83. The highest BCUT2D eigenvalue weighted by molar-refractivity contribution is 9.10. The molecule has 0 bridgehead atoms. The number of carbonyl (C=O) groups excluding carboxylic acids is 2. The molecule has 0 saturated carbocycles. The summed E-state index contributed by atoms with van der Waals surface area (Å²) >= 11 is 3.29. The van der Waals surface area contributed by atoms with Gasteiger partial charge in [-0.2, -0.15) is 0 Å². The quantitative estimate of drug-likeness (QED) is 0.253. The second kappa shape index (κ2) is 10.8. The molecule has 0 fully saturated rings. The molecule has 0 spiro atoms. The van der Waals surface area contributed by atoms with E-state index in [0.717, 1.165) is 16.5 Å². The zero-order valence-corrected chi connectivity index (χ0v) is 20.3. The molecule has 8 nitrogen and oxygen atoms in total. The molecule has 0 aliphatic carbocycles. The van der Waals surface area contributed by atoms with Crippen molar-refractivity contribution in [2.45, 2.75) is 6.54 Å². The average Bonchev–Trinajstić information content (AvgIpc) is 2.86. The van der Waals surface area contributed by atoms with Gasteiger partial charge in [0, 0.05) is 28.2 Å². The molecule has 0 saturated heterocycles. The smallest absolute Gasteiger partial charge is 0.352 e. The molecule has 4 rings (SSSR count). The Morgan fingerprint density at radius 1 is 0.944 bits per heavy atom. The van der Waals surface area contributed by atoms with E-state index >= 15 is 0 Å². The van der Waals surface area contributed by atoms with Crippen LogP contribution in [0.3, 0.4) is 0 Å². The van der Waals surface area contributed by atoms with Gasteiger partial charge in [-0.15, -0.1) is 0 Å². The van der Waals surface area contributed by atoms with Crippen molar-refractivity contribution in [2.75, 3.05) is 0 Å². The molecular formula is C27H20BrN3O5. The number of hydrogen-bond acceptors (Lipinski definition) is 5. The standard InChI is InChI=1S/C27H20BrN3O5/c28-22-13-19(25(33)30-14-16-4-3-6-20(32)11-16)8-9-21(22)26(34)31-24(27(35)36)12-17-10-18-5-1-2-7-23(18)29-15-17/h1-13,15,32H,14H2,(H,30,33)(H,31,34)(H,35,36)/b24-12+. The van der Waals surface area contributed by atoms with Crippen molar-refractivity contribution in [3.05, 3.63) is 111 Å². The minimum absolute atomic E-state index is 0.103. The van der Waals surface area contributed by atoms with Gasteiger partial charge in [0.25, 0.3) is 11.8 Å². The van der Waals surface area contributed by atoms with Crippen LogP contribution in [0.5, 0.6) is 5.75 Å². The minimum Gasteiger partial charge on any atom is -0.508 e. The highest BCUT2D eigenvalue weighted by Gasteiger charge is 2.17. The Morgan fingerprint density at radius 3 is 2.50 bits per heavy atom. The zero-order chi connectivity index (χ0) is 25.7. The predicted octanol–water partition coefficient (Wildman–Crippen LogP) is 4.49. The van der Waals surface area contributed by atoms with Gasteiger partial charge in [-0.3, -0.25) is 14.6 Å². The van der Waals surface area contributed by atoms with E-state index in [4.69, 9.17) is 0 Å². The van der Waals surface area contributed by atoms with E-state index < -0.39 is 11.9 Å². The van der Waals surface area contributed by atoms with Gasteiger partial charge in [-0.05, 0) is 75.6 Å². The van der Waals surface area contributed by atoms with Crippen LogP contribution >= 0.6 is 15.9 Å². The summed E-state index contributed by atoms with van der Waals surface area (Å²) in [5, 5.41) is 25.1. The van der Waals surface area contributed by atoms with Crippen molar-refractivity contribution in [3.63, 3.8) is 0 Å². The summed E-state index contributed by atoms with van der Waals surface area (Å²) < 4.78 is 0.321. The molecule has 0 unspecified atom stereocenters. The first-order chi connectivity index (χ1) is 17.3. The van der Waals surface area contributed by atoms with Crippen LogP contribution in [0.15, 0.2) is 89.2 Å². The van der Waals surface area contributed by atoms with E-state index in [1.807, 2.05) is 24.3 Å². The van der Waals surface area contributed by atoms with Gasteiger partial charge in [0.2, 0.25) is 0 Å². The molecule has 180 valence electrons. The van der Waals surface area contributed by atoms with E-state index in [2.05, 4.69) is 31.5 Å². The number of fused-ring (bicyclic) bond motifs is 1. The molecule has 0 aliphatic heterocycles. The molecule has 2 amide bonds. The van der Waals surface area contributed by atoms with Gasteiger partial charge in [0.15, 0.2) is 0 Å². The second-order valence-corrected chi connectivity index (χ2v) is 8.68. The molecule has 0 radical (unpaired) electrons. The van der Waals surface area contributed by atoms with Crippen molar-refractivity contribution in [3.8, 4) is 5.75 Å². The van der Waals surface area contributed by atoms with Gasteiger partial charge < -0.3 is 20.8 Å². The fourth-order valence-electron chi connectivity index (χ4n) is 3.47. The number of carboxylic acids is 1. The number of carbonyl (C=O) groups is 3. The maximum atomic E-state index is 12.8. The van der Waals surface area contributed by atoms with Crippen LogP contribution in [0, 0.1) is 0 Å². The molecule has 4 aromatic rings. The normalized spacial score (nSPS) is 11.2. The monoisotopic (exact) mass is 545 g/mol. The number of amides is 2. The van der Waals surface area contributed by atoms with E-state index in [-0.39, 0.29) is 29.5 Å². The molecule has 1 heterocycles. The molecule has 1 aromatic heterocycles. The van der Waals surface area contributed by atoms with Gasteiger partial charge in [0.05, 0.1) is 11.1 Å². The summed E-state index contributed by atoms with van der Waals surface area (Å²) in [7, 11) is 0. The minimum atomic E-state index is -1.31. The summed E-state index contributed by atoms with van der Waals surface area (Å²) in [4.78, 5) is 41.4. The lowest BCUT2D eigenvalue weighted by molar-refractivity contribution is -0.132. The zero-order valence-electron chi connectivity index (χ0n) is 18.7. The third-order valence-corrected chi connectivity index (χ3v) is 5.90. The summed E-state index contributed by atoms with van der Waals surface area (Å²) in [5.74, 6) is -2.24. The number of carboxylic acid groups (broad SMARTS) is 1. The van der Waals surface area contributed by atoms with Gasteiger partial charge in [-0.1, -0.05) is 30.3 Å². The van der Waals surface area contributed by atoms with Crippen LogP contribution in [0.25, 0.3) is 17.0 Å². The van der Waals surface area contributed by atoms with Gasteiger partial charge in [-0.25, -0.2) is 4.79 Å². The van der Waals surface area contributed by atoms with Crippen molar-refractivity contribution in [2.24, 2.45) is 0 Å². The lowest BCUT2D eigenvalue weighted by Gasteiger charge is -2.10. The van der Waals surface area contributed by atoms with Crippen LogP contribution in [0.2, 0.25) is 0 Å². The Bertz CT molecular complexity index is 1520. The van der Waals surface area contributed by atoms with Gasteiger partial charge in [0.1, 0.15) is 11.4 Å². The molecule has 0 atom stereocenters. The first kappa shape index (κ1) is 24.6. The SMILES string of the molecule is O=C(O)/C(=C\c1cnc2ccccc2c1)NC(=O)c1ccc(C(=O)NCc2cccc(O)c2)cc1Br. The number of hydrogen-bond donors (Lipinski definition) is 4. The van der Waals surface area contributed by atoms with Crippen LogP contribution in [-0.2, 0) is 11.3 Å². The number of aromatic hydroxyl groups is 1. The van der Waals surface area contributed by atoms with E-state index in [0.29, 0.717) is 15.6 Å². The maximum Gasteiger partial charge on any atom is 0.352 e. The molecule has 3 aromatic carbocycles. The third-order valence-electron chi connectivity index (χ3n) is 5.24. The largest absolute Gasteiger partial charge is 0.508 e. The number of para-hydroxylation sites is 1. The predicted molar refractivity (Wildman–Crippen MR) is 138 cm³/mol. The number of nitrogens with zero attached hydrogens (tertiary/aromatic N) is 1. The third kappa shape index (κ3) is 5.94. The average molecular weight is 546 g/mol. The van der Waals surface area contributed by atoms with Crippen LogP contribution < -0.4 is 10.6 Å². The number of aromatic nitrogens is 1. The number of benzene rings is 3. The van der Waals surface area contributed by atoms with Crippen LogP contribution in [0.1, 0.15) is 31.8 Å². The number of halogens is 1. The summed E-state index contributed by atoms with van der Waals surface area (Å²) in [6.07, 6.45) is 2.86. The van der Waals surface area contributed by atoms with Gasteiger partial charge >= 0.3 is 5.97 Å². The molecule has 36 heavy (non-hydrogen) atoms. The molecule has 4 N–H and O–H groups in total. The lowest BCUT2D eigenvalue weighted by Crippen LogP contribution is -2.28. The molecule has 0 aliphatic rings. The number of nitrogens with one attached hydrogen (secondary N) is 2. The van der Waals surface area contributed by atoms with Crippen molar-refractivity contribution in [1.29, 1.82) is 0 Å². The maximum absolute atomic E-state index is 12.8. The number of aliphatic carboxylic acids is 1. The first-order valence-electron chi connectivity index (χ1n) is 10.8. The lowest BCUT2D eigenvalue weighted by atomic mass is 10.1. The Labute approximate surface area is 214 Å². The highest BCUT2D eigenvalue weighted by Crippen LogP contribution is 2.20. The van der Waals surface area contributed by atoms with E-state index in [1.54, 1.807) is 24.3 Å². The van der Waals surface area contributed by atoms with Crippen molar-refractivity contribution < 1.29 is 24.6 Å². The van der Waals surface area contributed by atoms with Crippen LogP contribution in [0.4, 0.5) is 0 Å². The first-order valence-corrected chi connectivity index (χ1v) is 11.6. The Kier molecular flexibility index (Phi) is 7.41. The number of rotatable bonds is 7. The van der Waals surface area contributed by atoms with Crippen molar-refractivity contribution in [1.82, 2.24) is 15.6 Å². The summed E-state index contributed by atoms with van der Waals surface area (Å²) in [5.41, 5.74) is 2.15.